The van der Waals surface area contributed by atoms with E-state index in [9.17, 15) is 14.7 Å². The van der Waals surface area contributed by atoms with Gasteiger partial charge in [0.15, 0.2) is 0 Å². The van der Waals surface area contributed by atoms with Crippen LogP contribution in [0.25, 0.3) is 0 Å². The van der Waals surface area contributed by atoms with E-state index in [0.29, 0.717) is 32.4 Å². The Balaban J connectivity index is 1.90. The van der Waals surface area contributed by atoms with E-state index in [4.69, 9.17) is 9.84 Å². The number of carboxylic acids is 1. The van der Waals surface area contributed by atoms with Crippen LogP contribution in [0.15, 0.2) is 36.4 Å². The van der Waals surface area contributed by atoms with Crippen LogP contribution in [0.2, 0.25) is 0 Å². The zero-order valence-corrected chi connectivity index (χ0v) is 14.4. The third-order valence-corrected chi connectivity index (χ3v) is 4.39. The summed E-state index contributed by atoms with van der Waals surface area (Å²) in [6.07, 6.45) is 5.54. The van der Waals surface area contributed by atoms with Gasteiger partial charge in [0.1, 0.15) is 0 Å². The normalized spacial score (nSPS) is 18.9. The average molecular weight is 347 g/mol. The molecule has 0 radical (unpaired) electrons. The molecular weight excluding hydrogens is 322 g/mol. The van der Waals surface area contributed by atoms with E-state index in [1.807, 2.05) is 11.0 Å². The van der Waals surface area contributed by atoms with Gasteiger partial charge in [-0.1, -0.05) is 24.3 Å². The van der Waals surface area contributed by atoms with E-state index < -0.39 is 12.1 Å². The predicted molar refractivity (Wildman–Crippen MR) is 93.5 cm³/mol. The number of nitrogens with zero attached hydrogens (tertiary/aromatic N) is 1. The van der Waals surface area contributed by atoms with Crippen LogP contribution < -0.4 is 0 Å². The topological polar surface area (TPSA) is 87.1 Å². The van der Waals surface area contributed by atoms with Gasteiger partial charge < -0.3 is 19.8 Å². The molecule has 1 aromatic rings. The maximum absolute atomic E-state index is 12.1. The minimum Gasteiger partial charge on any atom is -0.478 e. The van der Waals surface area contributed by atoms with Crippen molar-refractivity contribution in [3.8, 4) is 0 Å². The van der Waals surface area contributed by atoms with Crippen molar-refractivity contribution in [1.82, 2.24) is 4.90 Å². The summed E-state index contributed by atoms with van der Waals surface area (Å²) in [5, 5.41) is 18.8. The quantitative estimate of drug-likeness (QED) is 0.666. The number of amides is 1. The average Bonchev–Trinajstić information content (AvgIpc) is 2.96. The maximum atomic E-state index is 12.1. The molecule has 1 heterocycles. The van der Waals surface area contributed by atoms with Crippen molar-refractivity contribution in [2.45, 2.75) is 37.8 Å². The molecule has 1 aromatic carbocycles. The van der Waals surface area contributed by atoms with Crippen molar-refractivity contribution in [3.05, 3.63) is 47.5 Å². The lowest BCUT2D eigenvalue weighted by Gasteiger charge is -2.22. The molecule has 1 aliphatic rings. The van der Waals surface area contributed by atoms with Gasteiger partial charge in [-0.3, -0.25) is 4.79 Å². The molecule has 0 saturated carbocycles. The fourth-order valence-corrected chi connectivity index (χ4v) is 2.90. The van der Waals surface area contributed by atoms with Gasteiger partial charge in [-0.15, -0.1) is 0 Å². The number of aliphatic hydroxyl groups is 1. The number of carbonyl (C=O) groups is 2. The summed E-state index contributed by atoms with van der Waals surface area (Å²) in [5.74, 6) is -0.832. The van der Waals surface area contributed by atoms with Gasteiger partial charge in [0.2, 0.25) is 5.91 Å². The highest BCUT2D eigenvalue weighted by Crippen LogP contribution is 2.21. The second kappa shape index (κ2) is 9.34. The van der Waals surface area contributed by atoms with Gasteiger partial charge >= 0.3 is 5.97 Å². The monoisotopic (exact) mass is 347 g/mol. The smallest absolute Gasteiger partial charge is 0.335 e. The Morgan fingerprint density at radius 2 is 2.12 bits per heavy atom. The number of carboxylic acid groups (broad SMARTS) is 1. The molecule has 0 bridgehead atoms. The highest BCUT2D eigenvalue weighted by atomic mass is 16.5. The van der Waals surface area contributed by atoms with Crippen LogP contribution in [0.4, 0.5) is 0 Å². The summed E-state index contributed by atoms with van der Waals surface area (Å²) >= 11 is 0. The van der Waals surface area contributed by atoms with Gasteiger partial charge in [0.05, 0.1) is 17.7 Å². The Kier molecular flexibility index (Phi) is 7.16. The minimum absolute atomic E-state index is 0.00277. The first kappa shape index (κ1) is 19.1. The summed E-state index contributed by atoms with van der Waals surface area (Å²) in [7, 11) is 1.59. The molecule has 0 aliphatic carbocycles. The Morgan fingerprint density at radius 1 is 1.40 bits per heavy atom. The molecule has 6 nitrogen and oxygen atoms in total. The highest BCUT2D eigenvalue weighted by Gasteiger charge is 2.28. The van der Waals surface area contributed by atoms with E-state index in [1.165, 1.54) is 0 Å². The standard InChI is InChI=1S/C19H25NO5/c1-25-13-11-17(21)8-6-16-7-9-18(22)20(16)12-10-14-2-4-15(5-3-14)19(23)24/h2-6,8,16-17,21H,7,9-13H2,1H3,(H,23,24)/b8-6-. The molecule has 136 valence electrons. The largest absolute Gasteiger partial charge is 0.478 e. The van der Waals surface area contributed by atoms with E-state index in [2.05, 4.69) is 0 Å². The number of rotatable bonds is 9. The molecular formula is C19H25NO5. The summed E-state index contributed by atoms with van der Waals surface area (Å²) in [4.78, 5) is 24.8. The van der Waals surface area contributed by atoms with Crippen molar-refractivity contribution < 1.29 is 24.5 Å². The molecule has 0 spiro atoms. The fourth-order valence-electron chi connectivity index (χ4n) is 2.90. The van der Waals surface area contributed by atoms with Crippen LogP contribution in [-0.4, -0.2) is 59.4 Å². The lowest BCUT2D eigenvalue weighted by molar-refractivity contribution is -0.128. The molecule has 6 heteroatoms. The van der Waals surface area contributed by atoms with Crippen LogP contribution in [0.1, 0.15) is 35.2 Å². The van der Waals surface area contributed by atoms with Gasteiger partial charge in [-0.25, -0.2) is 4.79 Å². The summed E-state index contributed by atoms with van der Waals surface area (Å²) < 4.78 is 4.94. The first-order valence-electron chi connectivity index (χ1n) is 8.48. The Bertz CT molecular complexity index is 611. The Morgan fingerprint density at radius 3 is 2.76 bits per heavy atom. The molecule has 2 rings (SSSR count). The van der Waals surface area contributed by atoms with Gasteiger partial charge in [0.25, 0.3) is 0 Å². The lowest BCUT2D eigenvalue weighted by Crippen LogP contribution is -2.33. The second-order valence-electron chi connectivity index (χ2n) is 6.18. The molecule has 1 aliphatic heterocycles. The molecule has 2 unspecified atom stereocenters. The summed E-state index contributed by atoms with van der Waals surface area (Å²) in [6, 6.07) is 6.72. The SMILES string of the molecule is COCCC(O)/C=C\C1CCC(=O)N1CCc1ccc(C(=O)O)cc1. The molecule has 1 amide bonds. The van der Waals surface area contributed by atoms with Crippen molar-refractivity contribution >= 4 is 11.9 Å². The minimum atomic E-state index is -0.946. The van der Waals surface area contributed by atoms with Crippen molar-refractivity contribution in [1.29, 1.82) is 0 Å². The number of hydrogen-bond acceptors (Lipinski definition) is 4. The predicted octanol–water partition coefficient (Wildman–Crippen LogP) is 1.87. The van der Waals surface area contributed by atoms with Gasteiger partial charge in [-0.2, -0.15) is 0 Å². The zero-order valence-electron chi connectivity index (χ0n) is 14.4. The number of aliphatic hydroxyl groups excluding tert-OH is 1. The van der Waals surface area contributed by atoms with Crippen LogP contribution in [0, 0.1) is 0 Å². The number of methoxy groups -OCH3 is 1. The molecule has 1 saturated heterocycles. The molecule has 25 heavy (non-hydrogen) atoms. The van der Waals surface area contributed by atoms with E-state index in [0.717, 1.165) is 12.0 Å². The highest BCUT2D eigenvalue weighted by molar-refractivity contribution is 5.87. The van der Waals surface area contributed by atoms with Crippen molar-refractivity contribution in [2.24, 2.45) is 0 Å². The number of aromatic carboxylic acids is 1. The number of hydrogen-bond donors (Lipinski definition) is 2. The molecule has 0 aromatic heterocycles. The van der Waals surface area contributed by atoms with Crippen LogP contribution in [0.3, 0.4) is 0 Å². The summed E-state index contributed by atoms with van der Waals surface area (Å²) in [5.41, 5.74) is 1.25. The van der Waals surface area contributed by atoms with E-state index in [1.54, 1.807) is 37.5 Å². The first-order chi connectivity index (χ1) is 12.0. The van der Waals surface area contributed by atoms with E-state index >= 15 is 0 Å². The first-order valence-corrected chi connectivity index (χ1v) is 8.48. The zero-order chi connectivity index (χ0) is 18.2. The second-order valence-corrected chi connectivity index (χ2v) is 6.18. The number of benzene rings is 1. The molecule has 1 fully saturated rings. The maximum Gasteiger partial charge on any atom is 0.335 e. The van der Waals surface area contributed by atoms with Gasteiger partial charge in [-0.05, 0) is 30.5 Å². The fraction of sp³-hybridized carbons (Fsp3) is 0.474. The molecule has 2 N–H and O–H groups in total. The Labute approximate surface area is 147 Å². The third kappa shape index (κ3) is 5.69. The number of carbonyl (C=O) groups excluding carboxylic acids is 1. The lowest BCUT2D eigenvalue weighted by atomic mass is 10.1. The van der Waals surface area contributed by atoms with Crippen LogP contribution >= 0.6 is 0 Å². The van der Waals surface area contributed by atoms with Crippen molar-refractivity contribution in [2.75, 3.05) is 20.3 Å². The van der Waals surface area contributed by atoms with Crippen LogP contribution in [-0.2, 0) is 16.0 Å². The van der Waals surface area contributed by atoms with Crippen LogP contribution in [0.5, 0.6) is 0 Å². The third-order valence-electron chi connectivity index (χ3n) is 4.39. The molecule has 2 atom stereocenters. The Hall–Kier alpha value is -2.18. The number of likely N-dealkylation sites (tertiary alicyclic amines) is 1. The van der Waals surface area contributed by atoms with Crippen molar-refractivity contribution in [3.63, 3.8) is 0 Å². The van der Waals surface area contributed by atoms with Gasteiger partial charge in [0, 0.05) is 33.1 Å². The van der Waals surface area contributed by atoms with E-state index in [-0.39, 0.29) is 17.5 Å². The summed E-state index contributed by atoms with van der Waals surface area (Å²) in [6.45, 7) is 1.07. The number of ether oxygens (including phenoxy) is 1.